The molecule has 1 atom stereocenters. The Morgan fingerprint density at radius 1 is 1.62 bits per heavy atom. The zero-order valence-corrected chi connectivity index (χ0v) is 4.07. The van der Waals surface area contributed by atoms with Crippen molar-refractivity contribution in [1.29, 1.82) is 0 Å². The van der Waals surface area contributed by atoms with E-state index in [0.717, 1.165) is 0 Å². The number of halogens is 3. The first kappa shape index (κ1) is 7.49. The highest BCUT2D eigenvalue weighted by atomic mass is 19.3. The van der Waals surface area contributed by atoms with Crippen LogP contribution in [0.25, 0.3) is 0 Å². The van der Waals surface area contributed by atoms with Crippen LogP contribution in [0.5, 0.6) is 0 Å². The van der Waals surface area contributed by atoms with Crippen LogP contribution in [0.1, 0.15) is 0 Å². The topological polar surface area (TPSA) is 26.0 Å². The average Bonchev–Trinajstić information content (AvgIpc) is 1.67. The standard InChI is InChI=1S/C4H6F3N/c1-2-4(7,8)3(5)6/h2-3H,1,8H2. The van der Waals surface area contributed by atoms with Crippen LogP contribution in [0.4, 0.5) is 13.2 Å². The van der Waals surface area contributed by atoms with Crippen LogP contribution < -0.4 is 5.73 Å². The number of hydrogen-bond acceptors (Lipinski definition) is 1. The quantitative estimate of drug-likeness (QED) is 0.433. The zero-order chi connectivity index (χ0) is 6.78. The summed E-state index contributed by atoms with van der Waals surface area (Å²) in [5.41, 5.74) is 4.32. The Morgan fingerprint density at radius 3 is 2.00 bits per heavy atom. The third-order valence-corrected chi connectivity index (χ3v) is 0.647. The molecule has 48 valence electrons. The number of alkyl halides is 3. The number of rotatable bonds is 2. The Balaban J connectivity index is 3.90. The molecule has 0 spiro atoms. The van der Waals surface area contributed by atoms with Crippen LogP contribution in [0, 0.1) is 0 Å². The van der Waals surface area contributed by atoms with E-state index >= 15 is 0 Å². The summed E-state index contributed by atoms with van der Waals surface area (Å²) in [5.74, 6) is -3.03. The minimum Gasteiger partial charge on any atom is -0.291 e. The van der Waals surface area contributed by atoms with Gasteiger partial charge in [-0.25, -0.2) is 13.2 Å². The summed E-state index contributed by atoms with van der Waals surface area (Å²) in [6.07, 6.45) is -2.82. The Hall–Kier alpha value is -0.510. The molecule has 0 radical (unpaired) electrons. The number of hydrogen-bond donors (Lipinski definition) is 1. The van der Waals surface area contributed by atoms with Gasteiger partial charge in [-0.15, -0.1) is 0 Å². The minimum absolute atomic E-state index is 0.373. The molecule has 0 saturated heterocycles. The van der Waals surface area contributed by atoms with Gasteiger partial charge in [-0.3, -0.25) is 5.73 Å². The second-order valence-electron chi connectivity index (χ2n) is 1.33. The maximum absolute atomic E-state index is 11.9. The van der Waals surface area contributed by atoms with Gasteiger partial charge in [-0.2, -0.15) is 0 Å². The van der Waals surface area contributed by atoms with Crippen molar-refractivity contribution < 1.29 is 13.2 Å². The third-order valence-electron chi connectivity index (χ3n) is 0.647. The molecule has 0 fully saturated rings. The van der Waals surface area contributed by atoms with Gasteiger partial charge in [0, 0.05) is 0 Å². The van der Waals surface area contributed by atoms with E-state index in [-0.39, 0.29) is 0 Å². The predicted octanol–water partition coefficient (Wildman–Crippen LogP) is 1.06. The average molecular weight is 125 g/mol. The Bertz CT molecular complexity index is 89.3. The molecule has 0 heterocycles. The molecule has 0 aliphatic heterocycles. The molecule has 1 unspecified atom stereocenters. The molecule has 4 heteroatoms. The summed E-state index contributed by atoms with van der Waals surface area (Å²) in [4.78, 5) is 0. The molecule has 0 saturated carbocycles. The first-order chi connectivity index (χ1) is 3.50. The Morgan fingerprint density at radius 2 is 2.00 bits per heavy atom. The first-order valence-electron chi connectivity index (χ1n) is 1.90. The fraction of sp³-hybridized carbons (Fsp3) is 0.500. The summed E-state index contributed by atoms with van der Waals surface area (Å²) in [7, 11) is 0. The van der Waals surface area contributed by atoms with E-state index < -0.39 is 12.2 Å². The van der Waals surface area contributed by atoms with E-state index in [0.29, 0.717) is 6.08 Å². The van der Waals surface area contributed by atoms with Crippen LogP contribution in [0.2, 0.25) is 0 Å². The number of nitrogens with two attached hydrogens (primary N) is 1. The van der Waals surface area contributed by atoms with Gasteiger partial charge in [-0.1, -0.05) is 6.58 Å². The van der Waals surface area contributed by atoms with Gasteiger partial charge in [0.1, 0.15) is 0 Å². The second kappa shape index (κ2) is 2.17. The van der Waals surface area contributed by atoms with E-state index in [1.807, 2.05) is 0 Å². The molecule has 0 aromatic heterocycles. The van der Waals surface area contributed by atoms with Crippen LogP contribution in [-0.4, -0.2) is 12.2 Å². The predicted molar refractivity (Wildman–Crippen MR) is 24.2 cm³/mol. The van der Waals surface area contributed by atoms with E-state index in [1.54, 1.807) is 0 Å². The molecule has 0 amide bonds. The Labute approximate surface area is 45.0 Å². The van der Waals surface area contributed by atoms with Crippen LogP contribution in [-0.2, 0) is 0 Å². The van der Waals surface area contributed by atoms with E-state index in [4.69, 9.17) is 0 Å². The normalized spacial score (nSPS) is 18.1. The molecule has 8 heavy (non-hydrogen) atoms. The smallest absolute Gasteiger partial charge is 0.288 e. The van der Waals surface area contributed by atoms with E-state index in [1.165, 1.54) is 0 Å². The summed E-state index contributed by atoms with van der Waals surface area (Å²) in [6.45, 7) is 2.77. The largest absolute Gasteiger partial charge is 0.291 e. The van der Waals surface area contributed by atoms with Gasteiger partial charge in [-0.05, 0) is 6.08 Å². The highest BCUT2D eigenvalue weighted by Crippen LogP contribution is 2.14. The molecule has 1 nitrogen and oxygen atoms in total. The van der Waals surface area contributed by atoms with Gasteiger partial charge >= 0.3 is 0 Å². The Kier molecular flexibility index (Phi) is 2.03. The molecular weight excluding hydrogens is 119 g/mol. The van der Waals surface area contributed by atoms with E-state index in [9.17, 15) is 13.2 Å². The maximum atomic E-state index is 11.9. The highest BCUT2D eigenvalue weighted by molar-refractivity contribution is 4.92. The monoisotopic (exact) mass is 125 g/mol. The molecule has 2 N–H and O–H groups in total. The van der Waals surface area contributed by atoms with Gasteiger partial charge < -0.3 is 0 Å². The van der Waals surface area contributed by atoms with Crippen molar-refractivity contribution >= 4 is 0 Å². The van der Waals surface area contributed by atoms with Crippen molar-refractivity contribution in [2.75, 3.05) is 0 Å². The summed E-state index contributed by atoms with van der Waals surface area (Å²) in [5, 5.41) is 0. The van der Waals surface area contributed by atoms with Crippen LogP contribution in [0.3, 0.4) is 0 Å². The lowest BCUT2D eigenvalue weighted by molar-refractivity contribution is 0.00276. The van der Waals surface area contributed by atoms with Crippen molar-refractivity contribution in [2.45, 2.75) is 12.2 Å². The van der Waals surface area contributed by atoms with Gasteiger partial charge in [0.2, 0.25) is 5.79 Å². The molecule has 0 aliphatic rings. The fourth-order valence-corrected chi connectivity index (χ4v) is 0.0891. The van der Waals surface area contributed by atoms with Crippen molar-refractivity contribution in [2.24, 2.45) is 5.73 Å². The second-order valence-corrected chi connectivity index (χ2v) is 1.33. The molecule has 0 aliphatic carbocycles. The van der Waals surface area contributed by atoms with Crippen molar-refractivity contribution in [3.05, 3.63) is 12.7 Å². The molecule has 0 rings (SSSR count). The first-order valence-corrected chi connectivity index (χ1v) is 1.90. The zero-order valence-electron chi connectivity index (χ0n) is 4.07. The lowest BCUT2D eigenvalue weighted by Crippen LogP contribution is -2.39. The van der Waals surface area contributed by atoms with Gasteiger partial charge in [0.05, 0.1) is 0 Å². The molecule has 0 aromatic rings. The third kappa shape index (κ3) is 1.54. The minimum atomic E-state index is -3.19. The molecular formula is C4H6F3N. The fourth-order valence-electron chi connectivity index (χ4n) is 0.0891. The maximum Gasteiger partial charge on any atom is 0.288 e. The van der Waals surface area contributed by atoms with Gasteiger partial charge in [0.25, 0.3) is 6.43 Å². The summed E-state index contributed by atoms with van der Waals surface area (Å²) in [6, 6.07) is 0. The van der Waals surface area contributed by atoms with Crippen molar-refractivity contribution in [3.63, 3.8) is 0 Å². The summed E-state index contributed by atoms with van der Waals surface area (Å²) >= 11 is 0. The lowest BCUT2D eigenvalue weighted by atomic mass is 10.3. The van der Waals surface area contributed by atoms with Crippen molar-refractivity contribution in [1.82, 2.24) is 0 Å². The van der Waals surface area contributed by atoms with Crippen LogP contribution >= 0.6 is 0 Å². The SMILES string of the molecule is C=CC(N)(F)C(F)F. The molecule has 0 bridgehead atoms. The summed E-state index contributed by atoms with van der Waals surface area (Å²) < 4.78 is 34.3. The van der Waals surface area contributed by atoms with Gasteiger partial charge in [0.15, 0.2) is 0 Å². The lowest BCUT2D eigenvalue weighted by Gasteiger charge is -2.12. The van der Waals surface area contributed by atoms with Crippen LogP contribution in [0.15, 0.2) is 12.7 Å². The van der Waals surface area contributed by atoms with Crippen molar-refractivity contribution in [3.8, 4) is 0 Å². The highest BCUT2D eigenvalue weighted by Gasteiger charge is 2.31. The van der Waals surface area contributed by atoms with E-state index in [2.05, 4.69) is 12.3 Å². The molecule has 0 aromatic carbocycles.